The van der Waals surface area contributed by atoms with Crippen molar-refractivity contribution in [3.63, 3.8) is 0 Å². The van der Waals surface area contributed by atoms with Crippen molar-refractivity contribution in [2.24, 2.45) is 11.7 Å². The van der Waals surface area contributed by atoms with E-state index in [0.29, 0.717) is 6.54 Å². The Labute approximate surface area is 131 Å². The predicted octanol–water partition coefficient (Wildman–Crippen LogP) is 1.23. The van der Waals surface area contributed by atoms with Gasteiger partial charge in [-0.2, -0.15) is 0 Å². The van der Waals surface area contributed by atoms with Crippen molar-refractivity contribution in [3.8, 4) is 0 Å². The van der Waals surface area contributed by atoms with Gasteiger partial charge in [0.1, 0.15) is 0 Å². The Hall–Kier alpha value is -1.88. The number of nitrogens with two attached hydrogens (primary N) is 1. The predicted molar refractivity (Wildman–Crippen MR) is 86.1 cm³/mol. The highest BCUT2D eigenvalue weighted by atomic mass is 16.2. The van der Waals surface area contributed by atoms with Crippen molar-refractivity contribution < 1.29 is 9.59 Å². The molecule has 0 aliphatic carbocycles. The van der Waals surface area contributed by atoms with Crippen LogP contribution in [0, 0.1) is 5.92 Å². The molecule has 22 heavy (non-hydrogen) atoms. The Kier molecular flexibility index (Phi) is 5.19. The van der Waals surface area contributed by atoms with Gasteiger partial charge < -0.3 is 16.0 Å². The van der Waals surface area contributed by atoms with Gasteiger partial charge in [0, 0.05) is 6.54 Å². The lowest BCUT2D eigenvalue weighted by molar-refractivity contribution is -0.135. The highest BCUT2D eigenvalue weighted by molar-refractivity contribution is 5.87. The summed E-state index contributed by atoms with van der Waals surface area (Å²) in [6.07, 6.45) is 0.853. The Bertz CT molecular complexity index is 557. The average molecular weight is 303 g/mol. The molecular weight excluding hydrogens is 278 g/mol. The van der Waals surface area contributed by atoms with Crippen LogP contribution in [0.15, 0.2) is 24.3 Å². The molecule has 120 valence electrons. The van der Waals surface area contributed by atoms with Crippen LogP contribution in [0.1, 0.15) is 37.9 Å². The zero-order valence-corrected chi connectivity index (χ0v) is 13.5. The second kappa shape index (κ2) is 6.92. The SMILES string of the molecule is CC(C)[C@H](N)C(=O)NCC(=O)N1CCc2ccccc2C1C. The second-order valence-electron chi connectivity index (χ2n) is 6.20. The molecule has 1 heterocycles. The largest absolute Gasteiger partial charge is 0.346 e. The van der Waals surface area contributed by atoms with Crippen molar-refractivity contribution in [2.45, 2.75) is 39.3 Å². The first-order chi connectivity index (χ1) is 10.4. The molecule has 2 amide bonds. The van der Waals surface area contributed by atoms with Crippen LogP contribution in [-0.2, 0) is 16.0 Å². The fourth-order valence-electron chi connectivity index (χ4n) is 2.80. The molecule has 1 unspecified atom stereocenters. The molecule has 0 saturated carbocycles. The molecule has 0 fully saturated rings. The summed E-state index contributed by atoms with van der Waals surface area (Å²) in [6, 6.07) is 7.65. The topological polar surface area (TPSA) is 75.4 Å². The lowest BCUT2D eigenvalue weighted by atomic mass is 9.93. The Morgan fingerprint density at radius 2 is 2.05 bits per heavy atom. The van der Waals surface area contributed by atoms with Gasteiger partial charge in [-0.05, 0) is 30.4 Å². The molecule has 5 heteroatoms. The molecule has 5 nitrogen and oxygen atoms in total. The number of nitrogens with one attached hydrogen (secondary N) is 1. The van der Waals surface area contributed by atoms with Gasteiger partial charge in [0.25, 0.3) is 0 Å². The minimum absolute atomic E-state index is 0.00571. The molecular formula is C17H25N3O2. The van der Waals surface area contributed by atoms with E-state index in [2.05, 4.69) is 17.4 Å². The van der Waals surface area contributed by atoms with Gasteiger partial charge in [0.15, 0.2) is 0 Å². The van der Waals surface area contributed by atoms with Crippen LogP contribution in [-0.4, -0.2) is 35.8 Å². The number of fused-ring (bicyclic) bond motifs is 1. The minimum Gasteiger partial charge on any atom is -0.346 e. The summed E-state index contributed by atoms with van der Waals surface area (Å²) < 4.78 is 0. The number of benzene rings is 1. The van der Waals surface area contributed by atoms with Gasteiger partial charge in [0.2, 0.25) is 11.8 Å². The zero-order valence-electron chi connectivity index (χ0n) is 13.5. The van der Waals surface area contributed by atoms with Crippen molar-refractivity contribution in [1.29, 1.82) is 0 Å². The molecule has 0 saturated heterocycles. The number of nitrogens with zero attached hydrogens (tertiary/aromatic N) is 1. The van der Waals surface area contributed by atoms with Crippen LogP contribution >= 0.6 is 0 Å². The van der Waals surface area contributed by atoms with Crippen LogP contribution in [0.4, 0.5) is 0 Å². The summed E-state index contributed by atoms with van der Waals surface area (Å²) >= 11 is 0. The number of hydrogen-bond donors (Lipinski definition) is 2. The van der Waals surface area contributed by atoms with E-state index in [-0.39, 0.29) is 30.3 Å². The third-order valence-electron chi connectivity index (χ3n) is 4.35. The lowest BCUT2D eigenvalue weighted by Crippen LogP contribution is -2.49. The summed E-state index contributed by atoms with van der Waals surface area (Å²) in [4.78, 5) is 26.1. The van der Waals surface area contributed by atoms with E-state index in [1.165, 1.54) is 11.1 Å². The van der Waals surface area contributed by atoms with Crippen molar-refractivity contribution in [2.75, 3.05) is 13.1 Å². The van der Waals surface area contributed by atoms with E-state index in [1.54, 1.807) is 0 Å². The van der Waals surface area contributed by atoms with Crippen LogP contribution in [0.2, 0.25) is 0 Å². The van der Waals surface area contributed by atoms with Gasteiger partial charge in [-0.25, -0.2) is 0 Å². The van der Waals surface area contributed by atoms with Crippen LogP contribution in [0.3, 0.4) is 0 Å². The molecule has 1 aromatic carbocycles. The standard InChI is InChI=1S/C17H25N3O2/c1-11(2)16(18)17(22)19-10-15(21)20-9-8-13-6-4-5-7-14(13)12(20)3/h4-7,11-12,16H,8-10,18H2,1-3H3,(H,19,22)/t12?,16-/m0/s1. The first-order valence-corrected chi connectivity index (χ1v) is 7.82. The number of carbonyl (C=O) groups excluding carboxylic acids is 2. The summed E-state index contributed by atoms with van der Waals surface area (Å²) in [5, 5.41) is 2.65. The maximum absolute atomic E-state index is 12.4. The normalized spacial score (nSPS) is 18.8. The Morgan fingerprint density at radius 1 is 1.36 bits per heavy atom. The molecule has 1 aromatic rings. The van der Waals surface area contributed by atoms with Crippen molar-refractivity contribution >= 4 is 11.8 Å². The number of carbonyl (C=O) groups is 2. The molecule has 2 rings (SSSR count). The zero-order chi connectivity index (χ0) is 16.3. The molecule has 2 atom stereocenters. The molecule has 1 aliphatic heterocycles. The summed E-state index contributed by atoms with van der Waals surface area (Å²) in [5.41, 5.74) is 8.26. The maximum atomic E-state index is 12.4. The highest BCUT2D eigenvalue weighted by Gasteiger charge is 2.27. The fraction of sp³-hybridized carbons (Fsp3) is 0.529. The highest BCUT2D eigenvalue weighted by Crippen LogP contribution is 2.28. The van der Waals surface area contributed by atoms with E-state index < -0.39 is 6.04 Å². The average Bonchev–Trinajstić information content (AvgIpc) is 2.52. The first kappa shape index (κ1) is 16.5. The Morgan fingerprint density at radius 3 is 2.73 bits per heavy atom. The summed E-state index contributed by atoms with van der Waals surface area (Å²) in [7, 11) is 0. The van der Waals surface area contributed by atoms with Gasteiger partial charge in [0.05, 0.1) is 18.6 Å². The third kappa shape index (κ3) is 3.47. The third-order valence-corrected chi connectivity index (χ3v) is 4.35. The lowest BCUT2D eigenvalue weighted by Gasteiger charge is -2.35. The van der Waals surface area contributed by atoms with Crippen molar-refractivity contribution in [1.82, 2.24) is 10.2 Å². The van der Waals surface area contributed by atoms with E-state index in [9.17, 15) is 9.59 Å². The second-order valence-corrected chi connectivity index (χ2v) is 6.20. The summed E-state index contributed by atoms with van der Waals surface area (Å²) in [5.74, 6) is -0.282. The number of rotatable bonds is 4. The van der Waals surface area contributed by atoms with Crippen LogP contribution in [0.25, 0.3) is 0 Å². The molecule has 3 N–H and O–H groups in total. The molecule has 0 bridgehead atoms. The number of amides is 2. The van der Waals surface area contributed by atoms with E-state index in [1.807, 2.05) is 37.8 Å². The first-order valence-electron chi connectivity index (χ1n) is 7.82. The summed E-state index contributed by atoms with van der Waals surface area (Å²) in [6.45, 7) is 6.48. The number of hydrogen-bond acceptors (Lipinski definition) is 3. The van der Waals surface area contributed by atoms with E-state index in [4.69, 9.17) is 5.73 Å². The quantitative estimate of drug-likeness (QED) is 0.878. The Balaban J connectivity index is 1.96. The van der Waals surface area contributed by atoms with Crippen LogP contribution < -0.4 is 11.1 Å². The van der Waals surface area contributed by atoms with Gasteiger partial charge in [-0.1, -0.05) is 38.1 Å². The fourth-order valence-corrected chi connectivity index (χ4v) is 2.80. The molecule has 0 spiro atoms. The van der Waals surface area contributed by atoms with E-state index >= 15 is 0 Å². The minimum atomic E-state index is -0.577. The van der Waals surface area contributed by atoms with Gasteiger partial charge in [-0.15, -0.1) is 0 Å². The van der Waals surface area contributed by atoms with Gasteiger partial charge >= 0.3 is 0 Å². The molecule has 0 aromatic heterocycles. The smallest absolute Gasteiger partial charge is 0.242 e. The van der Waals surface area contributed by atoms with Gasteiger partial charge in [-0.3, -0.25) is 9.59 Å². The van der Waals surface area contributed by atoms with Crippen LogP contribution in [0.5, 0.6) is 0 Å². The maximum Gasteiger partial charge on any atom is 0.242 e. The molecule has 1 aliphatic rings. The van der Waals surface area contributed by atoms with E-state index in [0.717, 1.165) is 6.42 Å². The van der Waals surface area contributed by atoms with Crippen molar-refractivity contribution in [3.05, 3.63) is 35.4 Å². The monoisotopic (exact) mass is 303 g/mol. The molecule has 0 radical (unpaired) electrons.